The van der Waals surface area contributed by atoms with Crippen LogP contribution in [-0.2, 0) is 11.2 Å². The molecule has 0 fully saturated rings. The molecule has 0 unspecified atom stereocenters. The minimum Gasteiger partial charge on any atom is -0.491 e. The Kier molecular flexibility index (Phi) is 3.89. The second kappa shape index (κ2) is 5.46. The number of nitro groups is 1. The van der Waals surface area contributed by atoms with Crippen molar-refractivity contribution >= 4 is 17.3 Å². The summed E-state index contributed by atoms with van der Waals surface area (Å²) in [5.74, 6) is 0.298. The topological polar surface area (TPSA) is 92.9 Å². The van der Waals surface area contributed by atoms with Crippen LogP contribution in [0.4, 0.5) is 11.4 Å². The lowest BCUT2D eigenvalue weighted by Crippen LogP contribution is -2.26. The van der Waals surface area contributed by atoms with Gasteiger partial charge in [-0.1, -0.05) is 0 Å². The van der Waals surface area contributed by atoms with E-state index in [2.05, 4.69) is 0 Å². The molecule has 0 atom stereocenters. The maximum absolute atomic E-state index is 11.6. The van der Waals surface area contributed by atoms with Gasteiger partial charge >= 0.3 is 0 Å². The predicted octanol–water partition coefficient (Wildman–Crippen LogP) is 1.18. The minimum absolute atomic E-state index is 0.0819. The number of nitro benzene ring substituents is 1. The molecule has 1 amide bonds. The van der Waals surface area contributed by atoms with Crippen molar-refractivity contribution in [3.63, 3.8) is 0 Å². The fraction of sp³-hybridized carbons (Fsp3) is 0.462. The van der Waals surface area contributed by atoms with E-state index in [0.717, 1.165) is 0 Å². The van der Waals surface area contributed by atoms with Gasteiger partial charge in [0.15, 0.2) is 0 Å². The third kappa shape index (κ3) is 2.32. The van der Waals surface area contributed by atoms with Gasteiger partial charge in [-0.05, 0) is 18.9 Å². The first-order chi connectivity index (χ1) is 9.47. The molecule has 0 saturated heterocycles. The van der Waals surface area contributed by atoms with Gasteiger partial charge in [0.2, 0.25) is 5.91 Å². The van der Waals surface area contributed by atoms with Gasteiger partial charge in [-0.15, -0.1) is 0 Å². The number of anilines is 1. The maximum Gasteiger partial charge on any atom is 0.293 e. The van der Waals surface area contributed by atoms with E-state index in [0.29, 0.717) is 35.5 Å². The lowest BCUT2D eigenvalue weighted by atomic mass is 10.1. The number of carbonyl (C=O) groups excluding carboxylic acids is 1. The van der Waals surface area contributed by atoms with Gasteiger partial charge in [-0.25, -0.2) is 0 Å². The van der Waals surface area contributed by atoms with Gasteiger partial charge in [-0.3, -0.25) is 14.9 Å². The molecule has 0 aromatic heterocycles. The fourth-order valence-electron chi connectivity index (χ4n) is 2.51. The number of rotatable bonds is 4. The number of carbonyl (C=O) groups is 1. The average Bonchev–Trinajstić information content (AvgIpc) is 2.81. The van der Waals surface area contributed by atoms with Crippen LogP contribution in [0.15, 0.2) is 6.07 Å². The molecule has 0 bridgehead atoms. The van der Waals surface area contributed by atoms with Gasteiger partial charge in [-0.2, -0.15) is 0 Å². The predicted molar refractivity (Wildman–Crippen MR) is 72.1 cm³/mol. The molecular formula is C13H16N2O5. The maximum atomic E-state index is 11.6. The number of benzene rings is 1. The molecule has 7 heteroatoms. The van der Waals surface area contributed by atoms with Crippen LogP contribution >= 0.6 is 0 Å². The summed E-state index contributed by atoms with van der Waals surface area (Å²) in [5.41, 5.74) is 1.54. The van der Waals surface area contributed by atoms with E-state index >= 15 is 0 Å². The normalized spacial score (nSPS) is 13.2. The summed E-state index contributed by atoms with van der Waals surface area (Å²) in [6.07, 6.45) is 0.512. The minimum atomic E-state index is -0.483. The first kappa shape index (κ1) is 14.3. The smallest absolute Gasteiger partial charge is 0.293 e. The summed E-state index contributed by atoms with van der Waals surface area (Å²) in [6, 6.07) is 1.41. The van der Waals surface area contributed by atoms with Gasteiger partial charge in [0.25, 0.3) is 5.69 Å². The highest BCUT2D eigenvalue weighted by molar-refractivity contribution is 5.97. The Balaban J connectivity index is 2.60. The second-order valence-corrected chi connectivity index (χ2v) is 4.62. The summed E-state index contributed by atoms with van der Waals surface area (Å²) in [7, 11) is 0. The van der Waals surface area contributed by atoms with Crippen molar-refractivity contribution < 1.29 is 19.6 Å². The molecule has 20 heavy (non-hydrogen) atoms. The number of amides is 1. The SMILES string of the molecule is CC(=O)N1CCc2c(OCCO)c(C)cc([N+](=O)[O-])c21. The molecule has 0 aliphatic carbocycles. The van der Waals surface area contributed by atoms with Crippen molar-refractivity contribution in [1.82, 2.24) is 0 Å². The van der Waals surface area contributed by atoms with Crippen molar-refractivity contribution in [2.45, 2.75) is 20.3 Å². The molecule has 1 N–H and O–H groups in total. The van der Waals surface area contributed by atoms with Crippen LogP contribution in [0.25, 0.3) is 0 Å². The van der Waals surface area contributed by atoms with E-state index in [1.54, 1.807) is 6.92 Å². The molecule has 0 saturated carbocycles. The van der Waals surface area contributed by atoms with Gasteiger partial charge in [0.05, 0.1) is 11.5 Å². The van der Waals surface area contributed by atoms with Crippen molar-refractivity contribution in [3.05, 3.63) is 27.3 Å². The van der Waals surface area contributed by atoms with Gasteiger partial charge < -0.3 is 14.7 Å². The number of ether oxygens (including phenoxy) is 1. The Morgan fingerprint density at radius 1 is 1.60 bits per heavy atom. The number of aryl methyl sites for hydroxylation is 1. The van der Waals surface area contributed by atoms with Crippen LogP contribution in [0.5, 0.6) is 5.75 Å². The quantitative estimate of drug-likeness (QED) is 0.660. The Morgan fingerprint density at radius 2 is 2.30 bits per heavy atom. The first-order valence-electron chi connectivity index (χ1n) is 6.30. The Hall–Kier alpha value is -2.15. The summed E-state index contributed by atoms with van der Waals surface area (Å²) in [6.45, 7) is 3.49. The molecule has 1 aromatic carbocycles. The number of hydrogen-bond donors (Lipinski definition) is 1. The van der Waals surface area contributed by atoms with Crippen molar-refractivity contribution in [1.29, 1.82) is 0 Å². The number of nitrogens with zero attached hydrogens (tertiary/aromatic N) is 2. The number of aliphatic hydroxyl groups excluding tert-OH is 1. The second-order valence-electron chi connectivity index (χ2n) is 4.62. The third-order valence-corrected chi connectivity index (χ3v) is 3.28. The number of fused-ring (bicyclic) bond motifs is 1. The third-order valence-electron chi connectivity index (χ3n) is 3.28. The number of hydrogen-bond acceptors (Lipinski definition) is 5. The summed E-state index contributed by atoms with van der Waals surface area (Å²) < 4.78 is 5.48. The molecular weight excluding hydrogens is 264 g/mol. The van der Waals surface area contributed by atoms with E-state index < -0.39 is 4.92 Å². The molecule has 1 aliphatic heterocycles. The Labute approximate surface area is 115 Å². The molecule has 1 heterocycles. The molecule has 1 aliphatic rings. The number of aliphatic hydroxyl groups is 1. The average molecular weight is 280 g/mol. The standard InChI is InChI=1S/C13H16N2O5/c1-8-7-11(15(18)19)12-10(13(8)20-6-5-16)3-4-14(12)9(2)17/h7,16H,3-6H2,1-2H3. The monoisotopic (exact) mass is 280 g/mol. The lowest BCUT2D eigenvalue weighted by molar-refractivity contribution is -0.384. The van der Waals surface area contributed by atoms with E-state index in [1.165, 1.54) is 17.9 Å². The Bertz CT molecular complexity index is 570. The summed E-state index contributed by atoms with van der Waals surface area (Å²) >= 11 is 0. The van der Waals surface area contributed by atoms with E-state index in [-0.39, 0.29) is 24.8 Å². The van der Waals surface area contributed by atoms with Crippen LogP contribution < -0.4 is 9.64 Å². The molecule has 0 radical (unpaired) electrons. The molecule has 7 nitrogen and oxygen atoms in total. The molecule has 2 rings (SSSR count). The van der Waals surface area contributed by atoms with Crippen LogP contribution in [0.3, 0.4) is 0 Å². The molecule has 0 spiro atoms. The van der Waals surface area contributed by atoms with Crippen molar-refractivity contribution in [2.24, 2.45) is 0 Å². The Morgan fingerprint density at radius 3 is 2.85 bits per heavy atom. The van der Waals surface area contributed by atoms with Gasteiger partial charge in [0.1, 0.15) is 18.0 Å². The van der Waals surface area contributed by atoms with Crippen LogP contribution in [0, 0.1) is 17.0 Å². The van der Waals surface area contributed by atoms with Crippen LogP contribution in [0.1, 0.15) is 18.1 Å². The highest BCUT2D eigenvalue weighted by Gasteiger charge is 2.34. The van der Waals surface area contributed by atoms with Gasteiger partial charge in [0, 0.05) is 25.1 Å². The molecule has 1 aromatic rings. The van der Waals surface area contributed by atoms with E-state index in [1.807, 2.05) is 0 Å². The first-order valence-corrected chi connectivity index (χ1v) is 6.30. The van der Waals surface area contributed by atoms with E-state index in [4.69, 9.17) is 9.84 Å². The summed E-state index contributed by atoms with van der Waals surface area (Å²) in [4.78, 5) is 23.7. The zero-order chi connectivity index (χ0) is 14.9. The van der Waals surface area contributed by atoms with Crippen LogP contribution in [-0.4, -0.2) is 35.7 Å². The zero-order valence-corrected chi connectivity index (χ0v) is 11.4. The fourth-order valence-corrected chi connectivity index (χ4v) is 2.51. The zero-order valence-electron chi connectivity index (χ0n) is 11.4. The highest BCUT2D eigenvalue weighted by atomic mass is 16.6. The lowest BCUT2D eigenvalue weighted by Gasteiger charge is -2.17. The molecule has 108 valence electrons. The van der Waals surface area contributed by atoms with Crippen LogP contribution in [0.2, 0.25) is 0 Å². The highest BCUT2D eigenvalue weighted by Crippen LogP contribution is 2.44. The summed E-state index contributed by atoms with van der Waals surface area (Å²) in [5, 5.41) is 20.0. The largest absolute Gasteiger partial charge is 0.491 e. The van der Waals surface area contributed by atoms with Crippen molar-refractivity contribution in [3.8, 4) is 5.75 Å². The van der Waals surface area contributed by atoms with Crippen molar-refractivity contribution in [2.75, 3.05) is 24.7 Å². The van der Waals surface area contributed by atoms with E-state index in [9.17, 15) is 14.9 Å².